The fourth-order valence-corrected chi connectivity index (χ4v) is 1.50. The molecule has 0 aromatic carbocycles. The molecule has 0 unspecified atom stereocenters. The van der Waals surface area contributed by atoms with Gasteiger partial charge in [-0.05, 0) is 19.8 Å². The minimum Gasteiger partial charge on any atom is -0.429 e. The van der Waals surface area contributed by atoms with E-state index in [4.69, 9.17) is 4.42 Å². The maximum Gasteiger partial charge on any atom is 0.296 e. The number of aromatic nitrogens is 1. The predicted octanol–water partition coefficient (Wildman–Crippen LogP) is 2.83. The molecule has 15 heavy (non-hydrogen) atoms. The zero-order valence-corrected chi connectivity index (χ0v) is 10.9. The van der Waals surface area contributed by atoms with Crippen LogP contribution in [0.1, 0.15) is 45.1 Å². The van der Waals surface area contributed by atoms with Crippen LogP contribution in [0.5, 0.6) is 0 Å². The van der Waals surface area contributed by atoms with Crippen LogP contribution in [0.3, 0.4) is 0 Å². The molecule has 0 bridgehead atoms. The highest BCUT2D eigenvalue weighted by atomic mass is 16.4. The van der Waals surface area contributed by atoms with Crippen molar-refractivity contribution in [2.45, 2.75) is 47.0 Å². The number of aryl methyl sites for hydroxylation is 1. The number of hydrogen-bond acceptors (Lipinski definition) is 2. The fourth-order valence-electron chi connectivity index (χ4n) is 1.50. The second-order valence-corrected chi connectivity index (χ2v) is 3.27. The lowest BCUT2D eigenvalue weighted by atomic mass is 10.2. The maximum absolute atomic E-state index is 5.49. The first-order valence-corrected chi connectivity index (χ1v) is 5.78. The third-order valence-electron chi connectivity index (χ3n) is 2.30. The molecule has 0 atom stereocenters. The molecule has 1 rings (SSSR count). The Hall–Kier alpha value is -0.990. The van der Waals surface area contributed by atoms with E-state index in [-0.39, 0.29) is 0 Å². The number of hydrogen-bond donors (Lipinski definition) is 0. The van der Waals surface area contributed by atoms with Crippen molar-refractivity contribution in [2.75, 3.05) is 7.05 Å². The molecule has 0 aliphatic heterocycles. The molecule has 0 radical (unpaired) electrons. The van der Waals surface area contributed by atoms with Crippen LogP contribution in [0, 0.1) is 6.92 Å². The summed E-state index contributed by atoms with van der Waals surface area (Å²) < 4.78 is 7.52. The van der Waals surface area contributed by atoms with Gasteiger partial charge in [0.15, 0.2) is 0 Å². The Bertz CT molecular complexity index is 334. The van der Waals surface area contributed by atoms with Gasteiger partial charge in [-0.1, -0.05) is 27.2 Å². The molecule has 1 heterocycles. The van der Waals surface area contributed by atoms with Crippen LogP contribution in [0.15, 0.2) is 9.41 Å². The molecule has 3 nitrogen and oxygen atoms in total. The lowest BCUT2D eigenvalue weighted by molar-refractivity contribution is 0.454. The quantitative estimate of drug-likeness (QED) is 0.757. The van der Waals surface area contributed by atoms with E-state index in [1.807, 2.05) is 32.4 Å². The summed E-state index contributed by atoms with van der Waals surface area (Å²) in [5.74, 6) is 0.997. The summed E-state index contributed by atoms with van der Waals surface area (Å²) in [6, 6.07) is 0. The SMILES string of the molecule is CC.CCCCc1c(C)oc(=NC)n1C. The Labute approximate surface area is 92.8 Å². The molecular weight excluding hydrogens is 188 g/mol. The van der Waals surface area contributed by atoms with Crippen molar-refractivity contribution in [1.29, 1.82) is 0 Å². The smallest absolute Gasteiger partial charge is 0.296 e. The van der Waals surface area contributed by atoms with Gasteiger partial charge in [0.05, 0.1) is 5.69 Å². The van der Waals surface area contributed by atoms with Crippen molar-refractivity contribution >= 4 is 0 Å². The van der Waals surface area contributed by atoms with Crippen LogP contribution in [-0.2, 0) is 13.5 Å². The summed E-state index contributed by atoms with van der Waals surface area (Å²) in [4.78, 5) is 4.06. The van der Waals surface area contributed by atoms with Gasteiger partial charge in [-0.3, -0.25) is 4.57 Å². The molecule has 0 saturated carbocycles. The standard InChI is InChI=1S/C10H18N2O.C2H6/c1-5-6-7-9-8(2)13-10(11-3)12(9)4;1-2/h5-7H2,1-4H3;1-2H3. The van der Waals surface area contributed by atoms with E-state index in [0.717, 1.165) is 12.2 Å². The lowest BCUT2D eigenvalue weighted by Crippen LogP contribution is -2.14. The summed E-state index contributed by atoms with van der Waals surface area (Å²) >= 11 is 0. The Morgan fingerprint density at radius 1 is 1.33 bits per heavy atom. The molecule has 0 spiro atoms. The Balaban J connectivity index is 0.000000921. The van der Waals surface area contributed by atoms with Gasteiger partial charge in [0.25, 0.3) is 5.68 Å². The topological polar surface area (TPSA) is 30.4 Å². The average molecular weight is 212 g/mol. The van der Waals surface area contributed by atoms with E-state index in [1.165, 1.54) is 18.5 Å². The zero-order chi connectivity index (χ0) is 11.8. The predicted molar refractivity (Wildman–Crippen MR) is 63.9 cm³/mol. The van der Waals surface area contributed by atoms with Crippen LogP contribution in [-0.4, -0.2) is 11.6 Å². The molecule has 0 amide bonds. The van der Waals surface area contributed by atoms with Crippen molar-refractivity contribution in [3.63, 3.8) is 0 Å². The molecule has 0 fully saturated rings. The second kappa shape index (κ2) is 7.32. The van der Waals surface area contributed by atoms with E-state index in [1.54, 1.807) is 7.05 Å². The van der Waals surface area contributed by atoms with Gasteiger partial charge in [-0.2, -0.15) is 0 Å². The molecule has 0 N–H and O–H groups in total. The van der Waals surface area contributed by atoms with Crippen molar-refractivity contribution in [3.05, 3.63) is 17.1 Å². The van der Waals surface area contributed by atoms with E-state index in [0.29, 0.717) is 5.68 Å². The van der Waals surface area contributed by atoms with Gasteiger partial charge in [0, 0.05) is 14.1 Å². The maximum atomic E-state index is 5.49. The van der Waals surface area contributed by atoms with Gasteiger partial charge >= 0.3 is 0 Å². The zero-order valence-electron chi connectivity index (χ0n) is 10.9. The molecule has 0 saturated heterocycles. The summed E-state index contributed by atoms with van der Waals surface area (Å²) in [7, 11) is 3.76. The van der Waals surface area contributed by atoms with Crippen molar-refractivity contribution < 1.29 is 4.42 Å². The highest BCUT2D eigenvalue weighted by Crippen LogP contribution is 2.08. The van der Waals surface area contributed by atoms with Gasteiger partial charge < -0.3 is 4.42 Å². The highest BCUT2D eigenvalue weighted by Gasteiger charge is 2.07. The highest BCUT2D eigenvalue weighted by molar-refractivity contribution is 5.06. The third-order valence-corrected chi connectivity index (χ3v) is 2.30. The largest absolute Gasteiger partial charge is 0.429 e. The van der Waals surface area contributed by atoms with E-state index < -0.39 is 0 Å². The van der Waals surface area contributed by atoms with Crippen molar-refractivity contribution in [2.24, 2.45) is 12.0 Å². The van der Waals surface area contributed by atoms with Crippen molar-refractivity contribution in [1.82, 2.24) is 4.57 Å². The van der Waals surface area contributed by atoms with Gasteiger partial charge in [0.2, 0.25) is 0 Å². The summed E-state index contributed by atoms with van der Waals surface area (Å²) in [5, 5.41) is 0. The van der Waals surface area contributed by atoms with Crippen LogP contribution >= 0.6 is 0 Å². The van der Waals surface area contributed by atoms with Crippen LogP contribution in [0.25, 0.3) is 0 Å². The van der Waals surface area contributed by atoms with Crippen LogP contribution in [0.4, 0.5) is 0 Å². The first kappa shape index (κ1) is 14.0. The van der Waals surface area contributed by atoms with Crippen LogP contribution < -0.4 is 5.68 Å². The molecule has 0 aliphatic carbocycles. The van der Waals surface area contributed by atoms with Crippen molar-refractivity contribution in [3.8, 4) is 0 Å². The lowest BCUT2D eigenvalue weighted by Gasteiger charge is -1.99. The Kier molecular flexibility index (Phi) is 6.84. The van der Waals surface area contributed by atoms with Crippen LogP contribution in [0.2, 0.25) is 0 Å². The summed E-state index contributed by atoms with van der Waals surface area (Å²) in [6.07, 6.45) is 3.50. The van der Waals surface area contributed by atoms with E-state index in [2.05, 4.69) is 11.9 Å². The molecule has 0 aliphatic rings. The van der Waals surface area contributed by atoms with Gasteiger partial charge in [0.1, 0.15) is 5.76 Å². The number of rotatable bonds is 3. The molecule has 3 heteroatoms. The first-order chi connectivity index (χ1) is 7.20. The minimum absolute atomic E-state index is 0.712. The average Bonchev–Trinajstić information content (AvgIpc) is 2.54. The Morgan fingerprint density at radius 2 is 1.93 bits per heavy atom. The van der Waals surface area contributed by atoms with Gasteiger partial charge in [-0.15, -0.1) is 0 Å². The second-order valence-electron chi connectivity index (χ2n) is 3.27. The molecule has 1 aromatic rings. The van der Waals surface area contributed by atoms with Gasteiger partial charge in [-0.25, -0.2) is 4.99 Å². The molecule has 88 valence electrons. The summed E-state index contributed by atoms with van der Waals surface area (Å²) in [6.45, 7) is 8.19. The summed E-state index contributed by atoms with van der Waals surface area (Å²) in [5.41, 5.74) is 1.98. The number of nitrogens with zero attached hydrogens (tertiary/aromatic N) is 2. The first-order valence-electron chi connectivity index (χ1n) is 5.78. The molecular formula is C12H24N2O. The normalized spacial score (nSPS) is 11.2. The number of oxazole rings is 1. The number of unbranched alkanes of at least 4 members (excludes halogenated alkanes) is 1. The molecule has 1 aromatic heterocycles. The third kappa shape index (κ3) is 3.57. The van der Waals surface area contributed by atoms with E-state index in [9.17, 15) is 0 Å². The minimum atomic E-state index is 0.712. The Morgan fingerprint density at radius 3 is 2.33 bits per heavy atom. The fraction of sp³-hybridized carbons (Fsp3) is 0.750. The monoisotopic (exact) mass is 212 g/mol. The van der Waals surface area contributed by atoms with E-state index >= 15 is 0 Å².